The Kier molecular flexibility index (Phi) is 5.57. The van der Waals surface area contributed by atoms with Gasteiger partial charge in [0.15, 0.2) is 5.82 Å². The number of carbonyl (C=O) groups excluding carboxylic acids is 1. The van der Waals surface area contributed by atoms with Gasteiger partial charge >= 0.3 is 6.09 Å². The molecule has 0 fully saturated rings. The van der Waals surface area contributed by atoms with Gasteiger partial charge in [-0.15, -0.1) is 0 Å². The maximum atomic E-state index is 12.4. The zero-order valence-corrected chi connectivity index (χ0v) is 21.0. The van der Waals surface area contributed by atoms with Crippen LogP contribution in [0.15, 0.2) is 55.1 Å². The van der Waals surface area contributed by atoms with Crippen LogP contribution in [0.2, 0.25) is 0 Å². The van der Waals surface area contributed by atoms with Crippen LogP contribution >= 0.6 is 0 Å². The highest BCUT2D eigenvalue weighted by Crippen LogP contribution is 2.25. The standard InChI is InChI=1S/C27H23N9O2/c1-27(2,3)38-26(37)36-23-7-5-17(12-18(23)14-31-36)4-6-20-8-10-28-24(32-20)21-9-11-29-25(33-21)35-15-19-13-30-34-22(19)16-35/h5,7-14H,15-16H2,1-3H3,(H,30,34). The maximum absolute atomic E-state index is 12.4. The van der Waals surface area contributed by atoms with E-state index in [9.17, 15) is 4.79 Å². The van der Waals surface area contributed by atoms with Crippen LogP contribution in [0.25, 0.3) is 22.4 Å². The van der Waals surface area contributed by atoms with Crippen molar-refractivity contribution in [1.82, 2.24) is 39.9 Å². The van der Waals surface area contributed by atoms with E-state index < -0.39 is 11.7 Å². The number of nitrogens with zero attached hydrogens (tertiary/aromatic N) is 8. The molecular weight excluding hydrogens is 482 g/mol. The zero-order chi connectivity index (χ0) is 26.3. The minimum Gasteiger partial charge on any atom is -0.442 e. The van der Waals surface area contributed by atoms with E-state index in [4.69, 9.17) is 4.74 Å². The molecule has 188 valence electrons. The van der Waals surface area contributed by atoms with Crippen molar-refractivity contribution in [3.05, 3.63) is 77.6 Å². The summed E-state index contributed by atoms with van der Waals surface area (Å²) in [6.45, 7) is 6.79. The first-order chi connectivity index (χ1) is 18.3. The first-order valence-corrected chi connectivity index (χ1v) is 12.0. The van der Waals surface area contributed by atoms with Crippen LogP contribution in [0.3, 0.4) is 0 Å². The van der Waals surface area contributed by atoms with E-state index in [2.05, 4.69) is 52.0 Å². The van der Waals surface area contributed by atoms with Gasteiger partial charge in [-0.25, -0.2) is 24.7 Å². The molecule has 11 nitrogen and oxygen atoms in total. The van der Waals surface area contributed by atoms with Crippen molar-refractivity contribution in [1.29, 1.82) is 0 Å². The van der Waals surface area contributed by atoms with Crippen molar-refractivity contribution in [2.75, 3.05) is 4.90 Å². The molecule has 1 aromatic carbocycles. The first-order valence-electron chi connectivity index (χ1n) is 12.0. The molecule has 0 unspecified atom stereocenters. The van der Waals surface area contributed by atoms with Crippen molar-refractivity contribution in [3.8, 4) is 23.4 Å². The zero-order valence-electron chi connectivity index (χ0n) is 21.0. The quantitative estimate of drug-likeness (QED) is 0.357. The number of hydrogen-bond donors (Lipinski definition) is 1. The summed E-state index contributed by atoms with van der Waals surface area (Å²) in [6, 6.07) is 9.03. The van der Waals surface area contributed by atoms with Crippen molar-refractivity contribution in [2.45, 2.75) is 39.5 Å². The number of benzene rings is 1. The van der Waals surface area contributed by atoms with Crippen LogP contribution in [0, 0.1) is 11.8 Å². The molecule has 4 aromatic heterocycles. The molecule has 1 aliphatic heterocycles. The number of nitrogens with one attached hydrogen (secondary N) is 1. The van der Waals surface area contributed by atoms with Gasteiger partial charge in [-0.05, 0) is 57.0 Å². The van der Waals surface area contributed by atoms with Gasteiger partial charge in [0, 0.05) is 41.6 Å². The maximum Gasteiger partial charge on any atom is 0.435 e. The Bertz CT molecular complexity index is 1720. The van der Waals surface area contributed by atoms with E-state index in [0.717, 1.165) is 22.2 Å². The first kappa shape index (κ1) is 23.3. The summed E-state index contributed by atoms with van der Waals surface area (Å²) in [5.41, 5.74) is 4.11. The number of carbonyl (C=O) groups is 1. The van der Waals surface area contributed by atoms with E-state index in [1.54, 1.807) is 36.8 Å². The Morgan fingerprint density at radius 3 is 2.76 bits per heavy atom. The van der Waals surface area contributed by atoms with Crippen molar-refractivity contribution < 1.29 is 9.53 Å². The minimum absolute atomic E-state index is 0.465. The van der Waals surface area contributed by atoms with Gasteiger partial charge in [0.05, 0.1) is 24.0 Å². The number of rotatable bonds is 2. The minimum atomic E-state index is -0.609. The molecule has 0 amide bonds. The van der Waals surface area contributed by atoms with E-state index in [0.29, 0.717) is 41.8 Å². The molecule has 38 heavy (non-hydrogen) atoms. The summed E-state index contributed by atoms with van der Waals surface area (Å²) < 4.78 is 6.67. The lowest BCUT2D eigenvalue weighted by atomic mass is 10.1. The summed E-state index contributed by atoms with van der Waals surface area (Å²) >= 11 is 0. The van der Waals surface area contributed by atoms with Crippen LogP contribution in [-0.2, 0) is 17.8 Å². The fraction of sp³-hybridized carbons (Fsp3) is 0.222. The second kappa shape index (κ2) is 9.08. The third-order valence-corrected chi connectivity index (χ3v) is 5.79. The van der Waals surface area contributed by atoms with Crippen LogP contribution in [0.4, 0.5) is 10.7 Å². The van der Waals surface area contributed by atoms with Gasteiger partial charge < -0.3 is 9.64 Å². The van der Waals surface area contributed by atoms with E-state index in [1.165, 1.54) is 4.68 Å². The molecule has 0 aliphatic carbocycles. The summed E-state index contributed by atoms with van der Waals surface area (Å²) in [5.74, 6) is 7.28. The summed E-state index contributed by atoms with van der Waals surface area (Å²) in [6.07, 6.45) is 6.35. The summed E-state index contributed by atoms with van der Waals surface area (Å²) in [7, 11) is 0. The average Bonchev–Trinajstić information content (AvgIpc) is 3.62. The monoisotopic (exact) mass is 505 g/mol. The fourth-order valence-corrected chi connectivity index (χ4v) is 4.08. The highest BCUT2D eigenvalue weighted by atomic mass is 16.6. The predicted octanol–water partition coefficient (Wildman–Crippen LogP) is 3.71. The molecule has 0 bridgehead atoms. The predicted molar refractivity (Wildman–Crippen MR) is 139 cm³/mol. The lowest BCUT2D eigenvalue weighted by Crippen LogP contribution is -2.27. The average molecular weight is 506 g/mol. The van der Waals surface area contributed by atoms with E-state index in [1.807, 2.05) is 39.1 Å². The molecule has 1 N–H and O–H groups in total. The Balaban J connectivity index is 1.22. The Labute approximate surface area is 217 Å². The fourth-order valence-electron chi connectivity index (χ4n) is 4.08. The van der Waals surface area contributed by atoms with Crippen molar-refractivity contribution in [3.63, 3.8) is 0 Å². The second-order valence-electron chi connectivity index (χ2n) is 9.78. The van der Waals surface area contributed by atoms with Crippen molar-refractivity contribution >= 4 is 22.9 Å². The number of H-pyrrole nitrogens is 1. The van der Waals surface area contributed by atoms with Gasteiger partial charge in [0.25, 0.3) is 0 Å². The molecule has 1 aliphatic rings. The Morgan fingerprint density at radius 1 is 1.05 bits per heavy atom. The van der Waals surface area contributed by atoms with Gasteiger partial charge in [-0.3, -0.25) is 5.10 Å². The highest BCUT2D eigenvalue weighted by Gasteiger charge is 2.24. The highest BCUT2D eigenvalue weighted by molar-refractivity contribution is 5.88. The molecule has 11 heteroatoms. The van der Waals surface area contributed by atoms with Gasteiger partial charge in [-0.2, -0.15) is 14.9 Å². The topological polar surface area (TPSA) is 128 Å². The van der Waals surface area contributed by atoms with Crippen LogP contribution in [0.5, 0.6) is 0 Å². The molecule has 6 rings (SSSR count). The number of anilines is 1. The molecule has 5 aromatic rings. The number of ether oxygens (including phenoxy) is 1. The number of fused-ring (bicyclic) bond motifs is 2. The van der Waals surface area contributed by atoms with Gasteiger partial charge in [0.2, 0.25) is 5.95 Å². The molecule has 0 saturated heterocycles. The summed E-state index contributed by atoms with van der Waals surface area (Å²) in [5, 5.41) is 12.1. The lowest BCUT2D eigenvalue weighted by Gasteiger charge is -2.19. The number of aromatic nitrogens is 8. The molecule has 5 heterocycles. The number of hydrogen-bond acceptors (Lipinski definition) is 9. The third-order valence-electron chi connectivity index (χ3n) is 5.79. The third kappa shape index (κ3) is 4.67. The normalized spacial score (nSPS) is 12.8. The van der Waals surface area contributed by atoms with Crippen LogP contribution < -0.4 is 4.90 Å². The van der Waals surface area contributed by atoms with E-state index in [-0.39, 0.29) is 0 Å². The Morgan fingerprint density at radius 2 is 1.92 bits per heavy atom. The molecule has 0 radical (unpaired) electrons. The van der Waals surface area contributed by atoms with Crippen LogP contribution in [0.1, 0.15) is 43.3 Å². The second-order valence-corrected chi connectivity index (χ2v) is 9.78. The summed E-state index contributed by atoms with van der Waals surface area (Å²) in [4.78, 5) is 32.6. The molecule has 0 saturated carbocycles. The molecule has 0 spiro atoms. The van der Waals surface area contributed by atoms with E-state index >= 15 is 0 Å². The largest absolute Gasteiger partial charge is 0.442 e. The molecular formula is C27H23N9O2. The Hall–Kier alpha value is -5.11. The number of aromatic amines is 1. The SMILES string of the molecule is CC(C)(C)OC(=O)n1ncc2cc(C#Cc3ccnc(-c4ccnc(N5Cc6c[nH]nc6C5)n4)n3)ccc21. The lowest BCUT2D eigenvalue weighted by molar-refractivity contribution is 0.0522. The van der Waals surface area contributed by atoms with Gasteiger partial charge in [-0.1, -0.05) is 5.92 Å². The van der Waals surface area contributed by atoms with Crippen LogP contribution in [-0.4, -0.2) is 51.6 Å². The van der Waals surface area contributed by atoms with Crippen molar-refractivity contribution in [2.24, 2.45) is 0 Å². The molecule has 0 atom stereocenters. The van der Waals surface area contributed by atoms with Gasteiger partial charge in [0.1, 0.15) is 17.0 Å². The smallest absolute Gasteiger partial charge is 0.435 e.